The largest absolute Gasteiger partial charge is 0.497 e. The number of carbonyl (C=O) groups excluding carboxylic acids is 8. The standard InChI is InChI=1S/C61H52ClN3O12S/c1-37(66)38-14-21-46(22-15-38)63(2)56(68)39-6-8-40(9-7-39)57(69)64(3)47-23-16-44(17-24-47)60(72)76-50-29-25-48(26-30-50)65(4)58(70)41-18-27-49(28-19-41)75-59(71)42-10-12-43(13-11-42)61(73)77-53-33-31-51(74-5)36-45(53)20-32-52(67)54-34-35-55(62)78-54/h6-9,14-36,42-43H,10-13H2,1-5H3/b32-20+. The van der Waals surface area contributed by atoms with Gasteiger partial charge in [0.25, 0.3) is 17.7 Å². The van der Waals surface area contributed by atoms with E-state index in [1.807, 2.05) is 0 Å². The Hall–Kier alpha value is -8.99. The van der Waals surface area contributed by atoms with Crippen molar-refractivity contribution in [2.24, 2.45) is 11.8 Å². The number of methoxy groups -OCH3 is 1. The average molecular weight is 1090 g/mol. The number of hydrogen-bond donors (Lipinski definition) is 0. The molecule has 0 unspecified atom stereocenters. The molecule has 7 aromatic rings. The first kappa shape index (κ1) is 55.2. The number of ketones is 2. The lowest BCUT2D eigenvalue weighted by Gasteiger charge is -2.26. The predicted octanol–water partition coefficient (Wildman–Crippen LogP) is 11.9. The second-order valence-electron chi connectivity index (χ2n) is 18.3. The Balaban J connectivity index is 0.777. The number of rotatable bonds is 17. The molecule has 1 aromatic heterocycles. The van der Waals surface area contributed by atoms with Crippen molar-refractivity contribution in [1.29, 1.82) is 0 Å². The average Bonchev–Trinajstić information content (AvgIpc) is 3.92. The van der Waals surface area contributed by atoms with E-state index in [-0.39, 0.29) is 52.1 Å². The van der Waals surface area contributed by atoms with Crippen LogP contribution in [-0.2, 0) is 9.59 Å². The number of halogens is 1. The van der Waals surface area contributed by atoms with Gasteiger partial charge in [0.2, 0.25) is 0 Å². The van der Waals surface area contributed by atoms with E-state index in [2.05, 4.69) is 0 Å². The lowest BCUT2D eigenvalue weighted by atomic mass is 9.82. The monoisotopic (exact) mass is 1090 g/mol. The van der Waals surface area contributed by atoms with Crippen molar-refractivity contribution in [3.8, 4) is 23.0 Å². The summed E-state index contributed by atoms with van der Waals surface area (Å²) in [6, 6.07) is 40.1. The van der Waals surface area contributed by atoms with E-state index in [0.29, 0.717) is 85.5 Å². The molecule has 0 saturated heterocycles. The molecular weight excluding hydrogens is 1030 g/mol. The highest BCUT2D eigenvalue weighted by atomic mass is 35.5. The number of ether oxygens (including phenoxy) is 4. The molecular formula is C61H52ClN3O12S. The number of esters is 3. The molecule has 1 heterocycles. The van der Waals surface area contributed by atoms with Crippen LogP contribution in [0.2, 0.25) is 4.34 Å². The van der Waals surface area contributed by atoms with E-state index in [1.165, 1.54) is 34.8 Å². The maximum atomic E-state index is 13.5. The summed E-state index contributed by atoms with van der Waals surface area (Å²) >= 11 is 7.15. The second kappa shape index (κ2) is 24.8. The number of nitrogens with zero attached hydrogens (tertiary/aromatic N) is 3. The molecule has 8 rings (SSSR count). The first-order chi connectivity index (χ1) is 37.5. The van der Waals surface area contributed by atoms with Crippen molar-refractivity contribution < 1.29 is 57.3 Å². The molecule has 1 fully saturated rings. The number of Topliss-reactive ketones (excluding diaryl/α,β-unsaturated/α-hetero) is 1. The summed E-state index contributed by atoms with van der Waals surface area (Å²) in [6.07, 6.45) is 4.58. The summed E-state index contributed by atoms with van der Waals surface area (Å²) in [5.74, 6) is -2.40. The maximum Gasteiger partial charge on any atom is 0.343 e. The van der Waals surface area contributed by atoms with Crippen LogP contribution in [0.15, 0.2) is 158 Å². The van der Waals surface area contributed by atoms with Gasteiger partial charge in [0.1, 0.15) is 23.0 Å². The lowest BCUT2D eigenvalue weighted by Crippen LogP contribution is -2.30. The Morgan fingerprint density at radius 2 is 0.910 bits per heavy atom. The molecule has 396 valence electrons. The van der Waals surface area contributed by atoms with E-state index >= 15 is 0 Å². The molecule has 0 atom stereocenters. The fourth-order valence-corrected chi connectivity index (χ4v) is 9.49. The molecule has 0 spiro atoms. The Kier molecular flexibility index (Phi) is 17.6. The normalized spacial score (nSPS) is 13.9. The molecule has 0 aliphatic heterocycles. The number of allylic oxidation sites excluding steroid dienone is 1. The van der Waals surface area contributed by atoms with Gasteiger partial charge >= 0.3 is 17.9 Å². The highest BCUT2D eigenvalue weighted by molar-refractivity contribution is 7.18. The fraction of sp³-hybridized carbons (Fsp3) is 0.180. The van der Waals surface area contributed by atoms with Gasteiger partial charge in [0.15, 0.2) is 11.6 Å². The van der Waals surface area contributed by atoms with Crippen molar-refractivity contribution in [1.82, 2.24) is 0 Å². The predicted molar refractivity (Wildman–Crippen MR) is 298 cm³/mol. The minimum absolute atomic E-state index is 0.0724. The number of amides is 3. The molecule has 0 bridgehead atoms. The summed E-state index contributed by atoms with van der Waals surface area (Å²) in [7, 11) is 6.34. The van der Waals surface area contributed by atoms with Crippen LogP contribution in [0, 0.1) is 11.8 Å². The van der Waals surface area contributed by atoms with Crippen LogP contribution in [0.4, 0.5) is 17.1 Å². The van der Waals surface area contributed by atoms with Gasteiger partial charge in [-0.1, -0.05) is 11.6 Å². The molecule has 17 heteroatoms. The minimum Gasteiger partial charge on any atom is -0.497 e. The summed E-state index contributed by atoms with van der Waals surface area (Å²) < 4.78 is 22.9. The van der Waals surface area contributed by atoms with Crippen molar-refractivity contribution in [3.63, 3.8) is 0 Å². The van der Waals surface area contributed by atoms with Crippen LogP contribution in [0.5, 0.6) is 23.0 Å². The molecule has 1 saturated carbocycles. The molecule has 0 radical (unpaired) electrons. The summed E-state index contributed by atoms with van der Waals surface area (Å²) in [5, 5.41) is 0. The summed E-state index contributed by atoms with van der Waals surface area (Å²) in [5.41, 5.74) is 3.96. The number of benzene rings is 6. The summed E-state index contributed by atoms with van der Waals surface area (Å²) in [4.78, 5) is 109. The zero-order valence-electron chi connectivity index (χ0n) is 43.1. The Bertz CT molecular complexity index is 3420. The highest BCUT2D eigenvalue weighted by Gasteiger charge is 2.33. The summed E-state index contributed by atoms with van der Waals surface area (Å²) in [6.45, 7) is 1.47. The molecule has 1 aliphatic carbocycles. The van der Waals surface area contributed by atoms with Gasteiger partial charge in [-0.05, 0) is 196 Å². The lowest BCUT2D eigenvalue weighted by molar-refractivity contribution is -0.145. The number of thiophene rings is 1. The Labute approximate surface area is 459 Å². The van der Waals surface area contributed by atoms with Crippen LogP contribution in [-0.4, -0.2) is 75.4 Å². The van der Waals surface area contributed by atoms with E-state index in [0.717, 1.165) is 11.3 Å². The van der Waals surface area contributed by atoms with E-state index in [1.54, 1.807) is 179 Å². The van der Waals surface area contributed by atoms with Crippen LogP contribution in [0.3, 0.4) is 0 Å². The third-order valence-electron chi connectivity index (χ3n) is 13.3. The maximum absolute atomic E-state index is 13.5. The Morgan fingerprint density at radius 1 is 0.500 bits per heavy atom. The molecule has 1 aliphatic rings. The van der Waals surface area contributed by atoms with Crippen molar-refractivity contribution in [2.45, 2.75) is 32.6 Å². The highest BCUT2D eigenvalue weighted by Crippen LogP contribution is 2.34. The number of carbonyl (C=O) groups is 8. The minimum atomic E-state index is -0.636. The van der Waals surface area contributed by atoms with E-state index < -0.39 is 29.7 Å². The third-order valence-corrected chi connectivity index (χ3v) is 14.5. The molecule has 78 heavy (non-hydrogen) atoms. The number of hydrogen-bond acceptors (Lipinski definition) is 13. The fourth-order valence-electron chi connectivity index (χ4n) is 8.53. The zero-order chi connectivity index (χ0) is 55.6. The smallest absolute Gasteiger partial charge is 0.343 e. The van der Waals surface area contributed by atoms with Crippen LogP contribution < -0.4 is 33.6 Å². The molecule has 3 amide bonds. The van der Waals surface area contributed by atoms with Gasteiger partial charge < -0.3 is 33.6 Å². The zero-order valence-corrected chi connectivity index (χ0v) is 44.7. The van der Waals surface area contributed by atoms with Crippen LogP contribution >= 0.6 is 22.9 Å². The molecule has 0 N–H and O–H groups in total. The van der Waals surface area contributed by atoms with Gasteiger partial charge in [-0.2, -0.15) is 0 Å². The van der Waals surface area contributed by atoms with Gasteiger partial charge in [0, 0.05) is 66.0 Å². The van der Waals surface area contributed by atoms with E-state index in [4.69, 9.17) is 30.5 Å². The van der Waals surface area contributed by atoms with Gasteiger partial charge in [-0.3, -0.25) is 33.6 Å². The second-order valence-corrected chi connectivity index (χ2v) is 20.0. The number of anilines is 3. The molecule has 6 aromatic carbocycles. The van der Waals surface area contributed by atoms with Crippen molar-refractivity contribution >= 4 is 93.3 Å². The Morgan fingerprint density at radius 3 is 1.37 bits per heavy atom. The topological polar surface area (TPSA) is 183 Å². The third kappa shape index (κ3) is 13.3. The molecule has 15 nitrogen and oxygen atoms in total. The van der Waals surface area contributed by atoms with Gasteiger partial charge in [-0.15, -0.1) is 11.3 Å². The van der Waals surface area contributed by atoms with Crippen LogP contribution in [0.1, 0.15) is 99.6 Å². The SMILES string of the molecule is COc1ccc(OC(=O)C2CCC(C(=O)Oc3ccc(C(=O)N(C)c4ccc(OC(=O)c5ccc(N(C)C(=O)c6ccc(C(=O)N(C)c7ccc(C(C)=O)cc7)cc6)cc5)cc4)cc3)CC2)c(/C=C/C(=O)c2ccc(Cl)s2)c1. The first-order valence-corrected chi connectivity index (χ1v) is 25.8. The quantitative estimate of drug-likeness (QED) is 0.0364. The first-order valence-electron chi connectivity index (χ1n) is 24.6. The van der Waals surface area contributed by atoms with Gasteiger partial charge in [-0.25, -0.2) is 4.79 Å². The van der Waals surface area contributed by atoms with Crippen LogP contribution in [0.25, 0.3) is 6.08 Å². The van der Waals surface area contributed by atoms with Crippen molar-refractivity contribution in [2.75, 3.05) is 43.0 Å². The van der Waals surface area contributed by atoms with E-state index in [9.17, 15) is 38.4 Å². The van der Waals surface area contributed by atoms with Gasteiger partial charge in [0.05, 0.1) is 33.7 Å². The van der Waals surface area contributed by atoms with Crippen molar-refractivity contribution in [3.05, 3.63) is 200 Å².